The zero-order valence-electron chi connectivity index (χ0n) is 17.3. The molecule has 2 aromatic carbocycles. The number of rotatable bonds is 5. The highest BCUT2D eigenvalue weighted by molar-refractivity contribution is 7.89. The number of sulfonamides is 1. The molecule has 156 valence electrons. The first-order valence-electron chi connectivity index (χ1n) is 9.29. The van der Waals surface area contributed by atoms with Gasteiger partial charge in [0.1, 0.15) is 6.61 Å². The zero-order chi connectivity index (χ0) is 21.3. The fourth-order valence-electron chi connectivity index (χ4n) is 3.18. The van der Waals surface area contributed by atoms with Gasteiger partial charge in [-0.3, -0.25) is 4.79 Å². The smallest absolute Gasteiger partial charge is 0.253 e. The Morgan fingerprint density at radius 3 is 2.41 bits per heavy atom. The Morgan fingerprint density at radius 2 is 1.76 bits per heavy atom. The quantitative estimate of drug-likeness (QED) is 0.746. The minimum Gasteiger partial charge on any atom is -0.486 e. The predicted octanol–water partition coefficient (Wildman–Crippen LogP) is 2.47. The van der Waals surface area contributed by atoms with Crippen LogP contribution in [0, 0.1) is 13.8 Å². The maximum atomic E-state index is 13.0. The summed E-state index contributed by atoms with van der Waals surface area (Å²) in [6, 6.07) is 10.6. The van der Waals surface area contributed by atoms with Gasteiger partial charge in [0.15, 0.2) is 17.6 Å². The number of fused-ring (bicyclic) bond motifs is 1. The maximum absolute atomic E-state index is 13.0. The van der Waals surface area contributed by atoms with Crippen LogP contribution in [-0.2, 0) is 10.0 Å². The van der Waals surface area contributed by atoms with E-state index in [0.29, 0.717) is 35.8 Å². The van der Waals surface area contributed by atoms with Crippen molar-refractivity contribution in [3.63, 3.8) is 0 Å². The molecule has 0 aliphatic carbocycles. The summed E-state index contributed by atoms with van der Waals surface area (Å²) in [5.41, 5.74) is 1.71. The second-order valence-electron chi connectivity index (χ2n) is 7.39. The molecule has 3 rings (SSSR count). The third-order valence-corrected chi connectivity index (χ3v) is 6.96. The highest BCUT2D eigenvalue weighted by atomic mass is 32.2. The molecule has 1 atom stereocenters. The molecule has 0 aromatic heterocycles. The summed E-state index contributed by atoms with van der Waals surface area (Å²) in [6.07, 6.45) is -0.310. The van der Waals surface area contributed by atoms with Gasteiger partial charge in [0.25, 0.3) is 5.91 Å². The first kappa shape index (κ1) is 21.1. The molecule has 0 bridgehead atoms. The lowest BCUT2D eigenvalue weighted by Gasteiger charge is -2.29. The number of aryl methyl sites for hydroxylation is 1. The first-order chi connectivity index (χ1) is 13.6. The molecule has 0 saturated carbocycles. The normalized spacial score (nSPS) is 16.0. The van der Waals surface area contributed by atoms with Crippen LogP contribution in [0.15, 0.2) is 41.3 Å². The van der Waals surface area contributed by atoms with Crippen molar-refractivity contribution in [3.8, 4) is 11.5 Å². The fourth-order valence-corrected chi connectivity index (χ4v) is 4.39. The highest BCUT2D eigenvalue weighted by Gasteiger charge is 2.27. The van der Waals surface area contributed by atoms with Crippen LogP contribution in [0.2, 0.25) is 0 Å². The Morgan fingerprint density at radius 1 is 1.10 bits per heavy atom. The molecule has 0 radical (unpaired) electrons. The van der Waals surface area contributed by atoms with Crippen molar-refractivity contribution in [2.45, 2.75) is 24.8 Å². The van der Waals surface area contributed by atoms with Gasteiger partial charge in [-0.25, -0.2) is 12.7 Å². The van der Waals surface area contributed by atoms with Crippen molar-refractivity contribution in [1.29, 1.82) is 0 Å². The summed E-state index contributed by atoms with van der Waals surface area (Å²) in [7, 11) is 0.964. The molecule has 1 amide bonds. The average molecular weight is 419 g/mol. The summed E-state index contributed by atoms with van der Waals surface area (Å²) in [6.45, 7) is 4.20. The molecule has 0 fully saturated rings. The van der Waals surface area contributed by atoms with Crippen LogP contribution in [0.4, 0.5) is 0 Å². The predicted molar refractivity (Wildman–Crippen MR) is 110 cm³/mol. The van der Waals surface area contributed by atoms with Gasteiger partial charge in [0, 0.05) is 26.7 Å². The standard InChI is InChI=1S/C21H26N2O5S/c1-14-10-16(11-20(15(14)2)29(25,26)22(3)4)21(24)23(5)12-17-13-27-18-8-6-7-9-19(18)28-17/h6-11,17H,12-13H2,1-5H3. The Kier molecular flexibility index (Phi) is 5.86. The lowest BCUT2D eigenvalue weighted by Crippen LogP contribution is -2.41. The van der Waals surface area contributed by atoms with E-state index in [-0.39, 0.29) is 16.9 Å². The maximum Gasteiger partial charge on any atom is 0.253 e. The van der Waals surface area contributed by atoms with E-state index in [1.165, 1.54) is 25.1 Å². The number of nitrogens with zero attached hydrogens (tertiary/aromatic N) is 2. The molecule has 1 unspecified atom stereocenters. The summed E-state index contributed by atoms with van der Waals surface area (Å²) < 4.78 is 38.1. The summed E-state index contributed by atoms with van der Waals surface area (Å²) >= 11 is 0. The number of carbonyl (C=O) groups is 1. The molecule has 1 aliphatic rings. The van der Waals surface area contributed by atoms with Crippen molar-refractivity contribution < 1.29 is 22.7 Å². The third-order valence-electron chi connectivity index (χ3n) is 5.02. The molecular formula is C21H26N2O5S. The third kappa shape index (κ3) is 4.23. The van der Waals surface area contributed by atoms with Gasteiger partial charge in [-0.2, -0.15) is 0 Å². The van der Waals surface area contributed by atoms with Gasteiger partial charge in [0.2, 0.25) is 10.0 Å². The van der Waals surface area contributed by atoms with E-state index in [9.17, 15) is 13.2 Å². The molecule has 7 nitrogen and oxygen atoms in total. The van der Waals surface area contributed by atoms with E-state index in [1.807, 2.05) is 24.3 Å². The monoisotopic (exact) mass is 418 g/mol. The summed E-state index contributed by atoms with van der Waals surface area (Å²) in [5.74, 6) is 1.06. The molecular weight excluding hydrogens is 392 g/mol. The number of benzene rings is 2. The number of hydrogen-bond acceptors (Lipinski definition) is 5. The number of amides is 1. The van der Waals surface area contributed by atoms with E-state index in [2.05, 4.69) is 0 Å². The minimum absolute atomic E-state index is 0.144. The van der Waals surface area contributed by atoms with E-state index in [0.717, 1.165) is 9.87 Å². The van der Waals surface area contributed by atoms with Crippen molar-refractivity contribution in [2.24, 2.45) is 0 Å². The molecule has 1 aliphatic heterocycles. The second kappa shape index (κ2) is 8.04. The zero-order valence-corrected chi connectivity index (χ0v) is 18.1. The lowest BCUT2D eigenvalue weighted by molar-refractivity contribution is 0.0520. The Hall–Kier alpha value is -2.58. The minimum atomic E-state index is -3.65. The number of likely N-dealkylation sites (N-methyl/N-ethyl adjacent to an activating group) is 1. The van der Waals surface area contributed by atoms with Crippen molar-refractivity contribution in [3.05, 3.63) is 53.1 Å². The van der Waals surface area contributed by atoms with Crippen LogP contribution in [0.5, 0.6) is 11.5 Å². The summed E-state index contributed by atoms with van der Waals surface area (Å²) in [5, 5.41) is 0. The SMILES string of the molecule is Cc1cc(C(=O)N(C)CC2COc3ccccc3O2)cc(S(=O)(=O)N(C)C)c1C. The van der Waals surface area contributed by atoms with E-state index in [1.54, 1.807) is 27.0 Å². The van der Waals surface area contributed by atoms with Gasteiger partial charge < -0.3 is 14.4 Å². The molecule has 1 heterocycles. The van der Waals surface area contributed by atoms with Gasteiger partial charge in [0.05, 0.1) is 11.4 Å². The van der Waals surface area contributed by atoms with E-state index < -0.39 is 10.0 Å². The molecule has 29 heavy (non-hydrogen) atoms. The fraction of sp³-hybridized carbons (Fsp3) is 0.381. The van der Waals surface area contributed by atoms with Gasteiger partial charge in [-0.15, -0.1) is 0 Å². The van der Waals surface area contributed by atoms with Crippen molar-refractivity contribution >= 4 is 15.9 Å². The molecule has 2 aromatic rings. The Bertz CT molecular complexity index is 1030. The van der Waals surface area contributed by atoms with Crippen LogP contribution < -0.4 is 9.47 Å². The number of ether oxygens (including phenoxy) is 2. The van der Waals surface area contributed by atoms with E-state index >= 15 is 0 Å². The van der Waals surface area contributed by atoms with Crippen LogP contribution in [0.3, 0.4) is 0 Å². The topological polar surface area (TPSA) is 76.1 Å². The van der Waals surface area contributed by atoms with Crippen LogP contribution in [-0.4, -0.2) is 63.9 Å². The van der Waals surface area contributed by atoms with Crippen molar-refractivity contribution in [2.75, 3.05) is 34.3 Å². The largest absolute Gasteiger partial charge is 0.486 e. The molecule has 8 heteroatoms. The second-order valence-corrected chi connectivity index (χ2v) is 9.51. The molecule has 0 spiro atoms. The van der Waals surface area contributed by atoms with Gasteiger partial charge >= 0.3 is 0 Å². The number of carbonyl (C=O) groups excluding carboxylic acids is 1. The van der Waals surface area contributed by atoms with Crippen LogP contribution >= 0.6 is 0 Å². The lowest BCUT2D eigenvalue weighted by atomic mass is 10.1. The molecule has 0 saturated heterocycles. The van der Waals surface area contributed by atoms with Gasteiger partial charge in [-0.05, 0) is 49.2 Å². The van der Waals surface area contributed by atoms with Crippen LogP contribution in [0.1, 0.15) is 21.5 Å². The van der Waals surface area contributed by atoms with Crippen molar-refractivity contribution in [1.82, 2.24) is 9.21 Å². The first-order valence-corrected chi connectivity index (χ1v) is 10.7. The average Bonchev–Trinajstić information content (AvgIpc) is 2.68. The van der Waals surface area contributed by atoms with Gasteiger partial charge in [-0.1, -0.05) is 12.1 Å². The number of para-hydroxylation sites is 2. The molecule has 0 N–H and O–H groups in total. The highest BCUT2D eigenvalue weighted by Crippen LogP contribution is 2.31. The number of hydrogen-bond donors (Lipinski definition) is 0. The Labute approximate surface area is 171 Å². The Balaban J connectivity index is 1.81. The summed E-state index contributed by atoms with van der Waals surface area (Å²) in [4.78, 5) is 14.7. The van der Waals surface area contributed by atoms with E-state index in [4.69, 9.17) is 9.47 Å². The van der Waals surface area contributed by atoms with Crippen LogP contribution in [0.25, 0.3) is 0 Å².